The van der Waals surface area contributed by atoms with Gasteiger partial charge in [-0.2, -0.15) is 0 Å². The third kappa shape index (κ3) is 2.27. The predicted octanol–water partition coefficient (Wildman–Crippen LogP) is 0.990. The highest BCUT2D eigenvalue weighted by Crippen LogP contribution is 2.34. The number of aliphatic hydroxyl groups is 1. The van der Waals surface area contributed by atoms with Crippen molar-refractivity contribution in [1.82, 2.24) is 10.3 Å². The number of carbonyl (C=O) groups is 1. The third-order valence-corrected chi connectivity index (χ3v) is 2.75. The minimum atomic E-state index is -0.392. The van der Waals surface area contributed by atoms with Crippen molar-refractivity contribution in [2.75, 3.05) is 6.61 Å². The molecule has 1 heterocycles. The Bertz CT molecular complexity index is 374. The summed E-state index contributed by atoms with van der Waals surface area (Å²) >= 11 is 5.61. The predicted molar refractivity (Wildman–Crippen MR) is 55.8 cm³/mol. The van der Waals surface area contributed by atoms with Crippen molar-refractivity contribution in [3.63, 3.8) is 0 Å². The number of carbonyl (C=O) groups excluding carboxylic acids is 1. The van der Waals surface area contributed by atoms with Gasteiger partial charge in [0.15, 0.2) is 0 Å². The van der Waals surface area contributed by atoms with E-state index < -0.39 is 5.54 Å². The average molecular weight is 227 g/mol. The maximum Gasteiger partial charge on any atom is 0.253 e. The number of pyridine rings is 1. The number of nitrogens with one attached hydrogen (secondary N) is 1. The number of amides is 1. The molecular formula is C10H11ClN2O2. The van der Waals surface area contributed by atoms with Gasteiger partial charge in [-0.1, -0.05) is 11.6 Å². The molecule has 0 aliphatic heterocycles. The van der Waals surface area contributed by atoms with Gasteiger partial charge in [-0.05, 0) is 25.0 Å². The lowest BCUT2D eigenvalue weighted by Crippen LogP contribution is -2.39. The lowest BCUT2D eigenvalue weighted by molar-refractivity contribution is 0.0906. The molecule has 2 rings (SSSR count). The first-order valence-electron chi connectivity index (χ1n) is 4.70. The first-order valence-corrected chi connectivity index (χ1v) is 5.08. The molecule has 15 heavy (non-hydrogen) atoms. The van der Waals surface area contributed by atoms with E-state index in [9.17, 15) is 4.79 Å². The van der Waals surface area contributed by atoms with Crippen LogP contribution in [0.2, 0.25) is 5.15 Å². The van der Waals surface area contributed by atoms with Crippen molar-refractivity contribution in [2.24, 2.45) is 0 Å². The highest BCUT2D eigenvalue weighted by molar-refractivity contribution is 6.29. The van der Waals surface area contributed by atoms with Crippen LogP contribution in [0.15, 0.2) is 18.3 Å². The molecule has 1 saturated carbocycles. The molecule has 1 aliphatic carbocycles. The molecule has 2 N–H and O–H groups in total. The second kappa shape index (κ2) is 3.79. The van der Waals surface area contributed by atoms with E-state index in [1.165, 1.54) is 6.20 Å². The molecule has 0 spiro atoms. The van der Waals surface area contributed by atoms with Crippen LogP contribution in [0.4, 0.5) is 0 Å². The molecular weight excluding hydrogens is 216 g/mol. The summed E-state index contributed by atoms with van der Waals surface area (Å²) in [6, 6.07) is 3.17. The first kappa shape index (κ1) is 10.4. The van der Waals surface area contributed by atoms with E-state index in [2.05, 4.69) is 10.3 Å². The quantitative estimate of drug-likeness (QED) is 0.756. The summed E-state index contributed by atoms with van der Waals surface area (Å²) in [7, 11) is 0. The molecule has 1 fully saturated rings. The van der Waals surface area contributed by atoms with Crippen molar-refractivity contribution in [3.8, 4) is 0 Å². The molecule has 4 nitrogen and oxygen atoms in total. The first-order chi connectivity index (χ1) is 7.15. The Morgan fingerprint density at radius 3 is 2.80 bits per heavy atom. The molecule has 5 heteroatoms. The Balaban J connectivity index is 2.05. The summed E-state index contributed by atoms with van der Waals surface area (Å²) < 4.78 is 0. The molecule has 0 aromatic carbocycles. The van der Waals surface area contributed by atoms with Crippen molar-refractivity contribution in [2.45, 2.75) is 18.4 Å². The smallest absolute Gasteiger partial charge is 0.253 e. The number of hydrogen-bond acceptors (Lipinski definition) is 3. The van der Waals surface area contributed by atoms with Crippen molar-refractivity contribution in [3.05, 3.63) is 29.0 Å². The molecule has 0 unspecified atom stereocenters. The van der Waals surface area contributed by atoms with Crippen LogP contribution in [0.1, 0.15) is 23.2 Å². The highest BCUT2D eigenvalue weighted by Gasteiger charge is 2.43. The summed E-state index contributed by atoms with van der Waals surface area (Å²) in [5.74, 6) is -0.217. The standard InChI is InChI=1S/C10H11ClN2O2/c11-8-2-1-7(5-12-8)9(15)13-10(6-14)3-4-10/h1-2,5,14H,3-4,6H2,(H,13,15). The minimum absolute atomic E-state index is 0.0141. The summed E-state index contributed by atoms with van der Waals surface area (Å²) in [5, 5.41) is 12.2. The summed E-state index contributed by atoms with van der Waals surface area (Å²) in [6.45, 7) is -0.0141. The van der Waals surface area contributed by atoms with Gasteiger partial charge in [0.25, 0.3) is 5.91 Å². The van der Waals surface area contributed by atoms with Crippen LogP contribution in [-0.4, -0.2) is 28.1 Å². The van der Waals surface area contributed by atoms with Crippen LogP contribution in [0.3, 0.4) is 0 Å². The summed E-state index contributed by atoms with van der Waals surface area (Å²) in [5.41, 5.74) is 0.0654. The van der Waals surface area contributed by atoms with Crippen molar-refractivity contribution in [1.29, 1.82) is 0 Å². The minimum Gasteiger partial charge on any atom is -0.394 e. The molecule has 1 aromatic heterocycles. The Labute approximate surface area is 92.3 Å². The maximum atomic E-state index is 11.7. The zero-order chi connectivity index (χ0) is 10.9. The normalized spacial score (nSPS) is 17.2. The van der Waals surface area contributed by atoms with E-state index in [0.29, 0.717) is 10.7 Å². The Hall–Kier alpha value is -1.13. The number of hydrogen-bond donors (Lipinski definition) is 2. The fraction of sp³-hybridized carbons (Fsp3) is 0.400. The van der Waals surface area contributed by atoms with Gasteiger partial charge in [-0.15, -0.1) is 0 Å². The molecule has 1 aliphatic rings. The van der Waals surface area contributed by atoms with Gasteiger partial charge in [-0.3, -0.25) is 4.79 Å². The van der Waals surface area contributed by atoms with E-state index in [4.69, 9.17) is 16.7 Å². The maximum absolute atomic E-state index is 11.7. The van der Waals surface area contributed by atoms with Gasteiger partial charge in [-0.25, -0.2) is 4.98 Å². The number of halogens is 1. The summed E-state index contributed by atoms with van der Waals surface area (Å²) in [4.78, 5) is 15.5. The Kier molecular flexibility index (Phi) is 2.63. The van der Waals surface area contributed by atoms with E-state index in [-0.39, 0.29) is 12.5 Å². The van der Waals surface area contributed by atoms with E-state index in [1.807, 2.05) is 0 Å². The van der Waals surface area contributed by atoms with Gasteiger partial charge < -0.3 is 10.4 Å². The van der Waals surface area contributed by atoms with Crippen LogP contribution < -0.4 is 5.32 Å². The van der Waals surface area contributed by atoms with E-state index >= 15 is 0 Å². The van der Waals surface area contributed by atoms with Crippen LogP contribution in [0.5, 0.6) is 0 Å². The monoisotopic (exact) mass is 226 g/mol. The number of aromatic nitrogens is 1. The summed E-state index contributed by atoms with van der Waals surface area (Å²) in [6.07, 6.45) is 3.08. The lowest BCUT2D eigenvalue weighted by Gasteiger charge is -2.13. The Morgan fingerprint density at radius 2 is 2.33 bits per heavy atom. The zero-order valence-electron chi connectivity index (χ0n) is 8.03. The number of aliphatic hydroxyl groups excluding tert-OH is 1. The van der Waals surface area contributed by atoms with Crippen molar-refractivity contribution >= 4 is 17.5 Å². The second-order valence-corrected chi connectivity index (χ2v) is 4.15. The molecule has 0 atom stereocenters. The van der Waals surface area contributed by atoms with Gasteiger partial charge in [0.1, 0.15) is 5.15 Å². The molecule has 0 bridgehead atoms. The molecule has 0 saturated heterocycles. The average Bonchev–Trinajstić information content (AvgIpc) is 2.99. The van der Waals surface area contributed by atoms with Crippen molar-refractivity contribution < 1.29 is 9.90 Å². The molecule has 1 aromatic rings. The van der Waals surface area contributed by atoms with Crippen LogP contribution in [-0.2, 0) is 0 Å². The van der Waals surface area contributed by atoms with Crippen LogP contribution in [0, 0.1) is 0 Å². The molecule has 1 amide bonds. The van der Waals surface area contributed by atoms with Gasteiger partial charge in [0.2, 0.25) is 0 Å². The number of nitrogens with zero attached hydrogens (tertiary/aromatic N) is 1. The third-order valence-electron chi connectivity index (χ3n) is 2.52. The van der Waals surface area contributed by atoms with Crippen LogP contribution >= 0.6 is 11.6 Å². The largest absolute Gasteiger partial charge is 0.394 e. The fourth-order valence-corrected chi connectivity index (χ4v) is 1.41. The van der Waals surface area contributed by atoms with E-state index in [0.717, 1.165) is 12.8 Å². The van der Waals surface area contributed by atoms with Crippen LogP contribution in [0.25, 0.3) is 0 Å². The highest BCUT2D eigenvalue weighted by atomic mass is 35.5. The SMILES string of the molecule is O=C(NC1(CO)CC1)c1ccc(Cl)nc1. The topological polar surface area (TPSA) is 62.2 Å². The molecule has 0 radical (unpaired) electrons. The van der Waals surface area contributed by atoms with Gasteiger partial charge in [0, 0.05) is 6.20 Å². The van der Waals surface area contributed by atoms with Gasteiger partial charge >= 0.3 is 0 Å². The lowest BCUT2D eigenvalue weighted by atomic mass is 10.2. The Morgan fingerprint density at radius 1 is 1.60 bits per heavy atom. The zero-order valence-corrected chi connectivity index (χ0v) is 8.79. The van der Waals surface area contributed by atoms with E-state index in [1.54, 1.807) is 12.1 Å². The fourth-order valence-electron chi connectivity index (χ4n) is 1.30. The second-order valence-electron chi connectivity index (χ2n) is 3.76. The molecule has 80 valence electrons. The number of rotatable bonds is 3. The van der Waals surface area contributed by atoms with Gasteiger partial charge in [0.05, 0.1) is 17.7 Å².